The summed E-state index contributed by atoms with van der Waals surface area (Å²) in [6, 6.07) is 10.3. The van der Waals surface area contributed by atoms with Gasteiger partial charge < -0.3 is 10.4 Å². The van der Waals surface area contributed by atoms with Gasteiger partial charge in [-0.05, 0) is 66.6 Å². The number of carbonyl (C=O) groups excluding carboxylic acids is 1. The van der Waals surface area contributed by atoms with Crippen molar-refractivity contribution >= 4 is 21.7 Å². The minimum absolute atomic E-state index is 0.00656. The van der Waals surface area contributed by atoms with E-state index in [4.69, 9.17) is 0 Å². The Morgan fingerprint density at radius 2 is 1.52 bits per heavy atom. The third-order valence-corrected chi connectivity index (χ3v) is 6.26. The molecule has 2 amide bonds. The van der Waals surface area contributed by atoms with E-state index in [1.54, 1.807) is 26.0 Å². The molecule has 0 saturated heterocycles. The summed E-state index contributed by atoms with van der Waals surface area (Å²) in [7, 11) is -4.12. The third kappa shape index (κ3) is 5.84. The molecule has 0 radical (unpaired) electrons. The van der Waals surface area contributed by atoms with Gasteiger partial charge in [-0.2, -0.15) is 5.26 Å². The van der Waals surface area contributed by atoms with Crippen molar-refractivity contribution in [3.63, 3.8) is 0 Å². The lowest BCUT2D eigenvalue weighted by Crippen LogP contribution is -2.35. The Bertz CT molecular complexity index is 1080. The Morgan fingerprint density at radius 1 is 1.03 bits per heavy atom. The molecule has 7 nitrogen and oxygen atoms in total. The molecule has 0 unspecified atom stereocenters. The number of urea groups is 1. The molecule has 2 aromatic carbocycles. The van der Waals surface area contributed by atoms with Gasteiger partial charge in [-0.1, -0.05) is 39.8 Å². The van der Waals surface area contributed by atoms with E-state index >= 15 is 0 Å². The number of hydrogen-bond donors (Lipinski definition) is 3. The lowest BCUT2D eigenvalue weighted by molar-refractivity contribution is 0.0785. The molecule has 0 aliphatic rings. The van der Waals surface area contributed by atoms with E-state index in [-0.39, 0.29) is 16.7 Å². The maximum absolute atomic E-state index is 12.7. The second kappa shape index (κ2) is 9.08. The van der Waals surface area contributed by atoms with Gasteiger partial charge in [0.05, 0.1) is 22.1 Å². The van der Waals surface area contributed by atoms with Crippen molar-refractivity contribution in [1.82, 2.24) is 4.72 Å². The normalized spacial score (nSPS) is 12.0. The highest BCUT2D eigenvalue weighted by atomic mass is 32.2. The summed E-state index contributed by atoms with van der Waals surface area (Å²) >= 11 is 0. The highest BCUT2D eigenvalue weighted by Gasteiger charge is 2.23. The lowest BCUT2D eigenvalue weighted by atomic mass is 9.90. The number of carbonyl (C=O) groups is 1. The van der Waals surface area contributed by atoms with Crippen LogP contribution in [0.25, 0.3) is 0 Å². The zero-order valence-electron chi connectivity index (χ0n) is 18.6. The minimum atomic E-state index is -4.12. The van der Waals surface area contributed by atoms with Gasteiger partial charge in [0, 0.05) is 5.69 Å². The molecular weight excluding hydrogens is 414 g/mol. The maximum Gasteiger partial charge on any atom is 0.333 e. The highest BCUT2D eigenvalue weighted by molar-refractivity contribution is 7.90. The Balaban J connectivity index is 2.34. The molecule has 0 spiro atoms. The first-order valence-corrected chi connectivity index (χ1v) is 11.5. The van der Waals surface area contributed by atoms with E-state index in [9.17, 15) is 23.6 Å². The largest absolute Gasteiger partial charge is 0.386 e. The number of nitrogens with one attached hydrogen (secondary N) is 2. The molecule has 0 heterocycles. The predicted molar refractivity (Wildman–Crippen MR) is 120 cm³/mol. The van der Waals surface area contributed by atoms with Gasteiger partial charge in [0.15, 0.2) is 0 Å². The van der Waals surface area contributed by atoms with E-state index in [0.717, 1.165) is 11.1 Å². The van der Waals surface area contributed by atoms with Gasteiger partial charge in [-0.25, -0.2) is 17.9 Å². The molecule has 0 saturated carbocycles. The summed E-state index contributed by atoms with van der Waals surface area (Å²) < 4.78 is 27.3. The monoisotopic (exact) mass is 443 g/mol. The average Bonchev–Trinajstić information content (AvgIpc) is 2.66. The third-order valence-electron chi connectivity index (χ3n) is 4.91. The number of anilines is 1. The second-order valence-corrected chi connectivity index (χ2v) is 10.3. The van der Waals surface area contributed by atoms with Crippen molar-refractivity contribution in [1.29, 1.82) is 5.26 Å². The van der Waals surface area contributed by atoms with Crippen molar-refractivity contribution in [2.75, 3.05) is 5.32 Å². The molecule has 166 valence electrons. The molecule has 0 atom stereocenters. The Labute approximate surface area is 184 Å². The van der Waals surface area contributed by atoms with Crippen LogP contribution in [0.4, 0.5) is 10.5 Å². The van der Waals surface area contributed by atoms with Crippen LogP contribution in [0.2, 0.25) is 0 Å². The van der Waals surface area contributed by atoms with Crippen LogP contribution >= 0.6 is 0 Å². The van der Waals surface area contributed by atoms with Crippen LogP contribution in [0.15, 0.2) is 41.3 Å². The molecule has 0 fully saturated rings. The number of nitriles is 1. The van der Waals surface area contributed by atoms with Crippen LogP contribution in [-0.2, 0) is 15.6 Å². The fourth-order valence-corrected chi connectivity index (χ4v) is 4.08. The molecular formula is C23H29N3O4S. The van der Waals surface area contributed by atoms with E-state index in [2.05, 4.69) is 11.4 Å². The first-order chi connectivity index (χ1) is 14.3. The van der Waals surface area contributed by atoms with Crippen LogP contribution in [0.1, 0.15) is 75.6 Å². The van der Waals surface area contributed by atoms with Crippen LogP contribution in [-0.4, -0.2) is 19.6 Å². The molecule has 2 rings (SSSR count). The zero-order chi connectivity index (χ0) is 23.6. The van der Waals surface area contributed by atoms with E-state index in [1.165, 1.54) is 24.3 Å². The summed E-state index contributed by atoms with van der Waals surface area (Å²) in [5, 5.41) is 22.0. The number of rotatable bonds is 6. The number of benzene rings is 2. The number of aliphatic hydroxyl groups is 1. The van der Waals surface area contributed by atoms with Crippen molar-refractivity contribution in [2.45, 2.75) is 63.9 Å². The quantitative estimate of drug-likeness (QED) is 0.605. The minimum Gasteiger partial charge on any atom is -0.386 e. The highest BCUT2D eigenvalue weighted by Crippen LogP contribution is 2.34. The van der Waals surface area contributed by atoms with Gasteiger partial charge in [0.25, 0.3) is 10.0 Å². The summed E-state index contributed by atoms with van der Waals surface area (Å²) in [5.74, 6) is 0.0131. The standard InChI is InChI=1S/C23H29N3O4S/c1-14(2)19-11-16(13-24)12-20(15(3)4)21(19)25-22(27)26-31(29,30)18-9-7-17(8-10-18)23(5,6)28/h7-12,14-15,28H,1-6H3,(H2,25,26,27). The summed E-state index contributed by atoms with van der Waals surface area (Å²) in [6.45, 7) is 10.9. The van der Waals surface area contributed by atoms with Crippen LogP contribution < -0.4 is 10.0 Å². The Hall–Kier alpha value is -2.89. The number of nitrogens with zero attached hydrogens (tertiary/aromatic N) is 1. The van der Waals surface area contributed by atoms with Gasteiger partial charge in [-0.3, -0.25) is 0 Å². The smallest absolute Gasteiger partial charge is 0.333 e. The molecule has 0 bridgehead atoms. The summed E-state index contributed by atoms with van der Waals surface area (Å²) in [5.41, 5.74) is 1.95. The Kier molecular flexibility index (Phi) is 7.14. The van der Waals surface area contributed by atoms with Gasteiger partial charge >= 0.3 is 6.03 Å². The van der Waals surface area contributed by atoms with Crippen molar-refractivity contribution in [3.05, 3.63) is 58.7 Å². The van der Waals surface area contributed by atoms with Crippen molar-refractivity contribution in [3.8, 4) is 6.07 Å². The van der Waals surface area contributed by atoms with Crippen LogP contribution in [0, 0.1) is 11.3 Å². The molecule has 3 N–H and O–H groups in total. The van der Waals surface area contributed by atoms with Gasteiger partial charge in [0.2, 0.25) is 0 Å². The second-order valence-electron chi connectivity index (χ2n) is 8.59. The molecule has 0 aliphatic heterocycles. The molecule has 0 aliphatic carbocycles. The van der Waals surface area contributed by atoms with Gasteiger partial charge in [-0.15, -0.1) is 0 Å². The van der Waals surface area contributed by atoms with Crippen LogP contribution in [0.5, 0.6) is 0 Å². The molecule has 8 heteroatoms. The SMILES string of the molecule is CC(C)c1cc(C#N)cc(C(C)C)c1NC(=O)NS(=O)(=O)c1ccc(C(C)(C)O)cc1. The first kappa shape index (κ1) is 24.4. The topological polar surface area (TPSA) is 119 Å². The average molecular weight is 444 g/mol. The van der Waals surface area contributed by atoms with Gasteiger partial charge in [0.1, 0.15) is 0 Å². The molecule has 0 aromatic heterocycles. The Morgan fingerprint density at radius 3 is 1.90 bits per heavy atom. The lowest BCUT2D eigenvalue weighted by Gasteiger charge is -2.21. The van der Waals surface area contributed by atoms with E-state index < -0.39 is 21.7 Å². The predicted octanol–water partition coefficient (Wildman–Crippen LogP) is 4.54. The molecule has 31 heavy (non-hydrogen) atoms. The number of sulfonamides is 1. The summed E-state index contributed by atoms with van der Waals surface area (Å²) in [6.07, 6.45) is 0. The van der Waals surface area contributed by atoms with Crippen LogP contribution in [0.3, 0.4) is 0 Å². The van der Waals surface area contributed by atoms with E-state index in [0.29, 0.717) is 16.8 Å². The maximum atomic E-state index is 12.7. The van der Waals surface area contributed by atoms with Crippen molar-refractivity contribution < 1.29 is 18.3 Å². The number of amides is 2. The first-order valence-electron chi connectivity index (χ1n) is 10.0. The number of hydrogen-bond acceptors (Lipinski definition) is 5. The summed E-state index contributed by atoms with van der Waals surface area (Å²) in [4.78, 5) is 12.5. The fraction of sp³-hybridized carbons (Fsp3) is 0.391. The van der Waals surface area contributed by atoms with Crippen molar-refractivity contribution in [2.24, 2.45) is 0 Å². The van der Waals surface area contributed by atoms with E-state index in [1.807, 2.05) is 32.4 Å². The fourth-order valence-electron chi connectivity index (χ4n) is 3.17. The molecule has 2 aromatic rings. The zero-order valence-corrected chi connectivity index (χ0v) is 19.5.